The Balaban J connectivity index is 6.21. The van der Waals surface area contributed by atoms with Crippen LogP contribution in [0.15, 0.2) is 0 Å². The predicted octanol–water partition coefficient (Wildman–Crippen LogP) is -1.43. The number of carbonyl (C=O) groups excluding carboxylic acids is 3. The second kappa shape index (κ2) is 6.00. The Hall–Kier alpha value is -1.64. The van der Waals surface area contributed by atoms with Crippen LogP contribution in [0.4, 0.5) is 0 Å². The number of imide groups is 3. The fraction of sp³-hybridized carbons (Fsp3) is 0.636. The minimum atomic E-state index is -1.59. The van der Waals surface area contributed by atoms with Gasteiger partial charge in [0.1, 0.15) is 12.1 Å². The topological polar surface area (TPSA) is 141 Å². The first-order valence-electron chi connectivity index (χ1n) is 5.73. The van der Waals surface area contributed by atoms with Gasteiger partial charge < -0.3 is 16.6 Å². The highest BCUT2D eigenvalue weighted by atomic mass is 16.4. The summed E-state index contributed by atoms with van der Waals surface area (Å²) in [5.74, 6) is -4.34. The van der Waals surface area contributed by atoms with Crippen molar-refractivity contribution in [2.24, 2.45) is 11.5 Å². The van der Waals surface area contributed by atoms with E-state index in [1.807, 2.05) is 0 Å². The van der Waals surface area contributed by atoms with E-state index in [1.54, 1.807) is 0 Å². The number of carbonyl (C=O) groups is 4. The van der Waals surface area contributed by atoms with Gasteiger partial charge >= 0.3 is 23.7 Å². The molecule has 19 heavy (non-hydrogen) atoms. The molecule has 0 spiro atoms. The molecular formula is C11H20N3O5+. The maximum absolute atomic E-state index is 12.2. The fourth-order valence-electron chi connectivity index (χ4n) is 1.88. The number of amides is 3. The molecule has 108 valence electrons. The van der Waals surface area contributed by atoms with E-state index in [2.05, 4.69) is 0 Å². The third-order valence-corrected chi connectivity index (χ3v) is 2.91. The van der Waals surface area contributed by atoms with Crippen LogP contribution in [0.1, 0.15) is 27.7 Å². The van der Waals surface area contributed by atoms with E-state index in [9.17, 15) is 19.2 Å². The van der Waals surface area contributed by atoms with Gasteiger partial charge in [0.2, 0.25) is 6.04 Å². The normalized spacial score (nSPS) is 16.3. The molecule has 0 aliphatic heterocycles. The molecule has 0 radical (unpaired) electrons. The Morgan fingerprint density at radius 3 is 1.42 bits per heavy atom. The second-order valence-corrected chi connectivity index (χ2v) is 4.51. The molecular weight excluding hydrogens is 254 g/mol. The molecule has 0 saturated carbocycles. The molecule has 3 atom stereocenters. The van der Waals surface area contributed by atoms with Gasteiger partial charge in [0.05, 0.1) is 6.92 Å². The Morgan fingerprint density at radius 2 is 1.26 bits per heavy atom. The van der Waals surface area contributed by atoms with E-state index >= 15 is 0 Å². The molecule has 0 rings (SSSR count). The minimum absolute atomic E-state index is 0.917. The predicted molar refractivity (Wildman–Crippen MR) is 65.4 cm³/mol. The van der Waals surface area contributed by atoms with Gasteiger partial charge in [0, 0.05) is 6.92 Å². The van der Waals surface area contributed by atoms with E-state index in [0.717, 1.165) is 13.8 Å². The van der Waals surface area contributed by atoms with Gasteiger partial charge in [0.25, 0.3) is 0 Å². The summed E-state index contributed by atoms with van der Waals surface area (Å²) in [5.41, 5.74) is 10.9. The molecule has 8 heteroatoms. The van der Waals surface area contributed by atoms with Gasteiger partial charge in [-0.3, -0.25) is 0 Å². The number of aliphatic carboxylic acids is 1. The van der Waals surface area contributed by atoms with Crippen LogP contribution in [0.3, 0.4) is 0 Å². The Bertz CT molecular complexity index is 397. The summed E-state index contributed by atoms with van der Waals surface area (Å²) in [6.45, 7) is 4.63. The quantitative estimate of drug-likeness (QED) is 0.534. The summed E-state index contributed by atoms with van der Waals surface area (Å²) in [6, 6.07) is -3.93. The number of nitrogens with zero attached hydrogens (tertiary/aromatic N) is 1. The summed E-state index contributed by atoms with van der Waals surface area (Å²) in [7, 11) is 0. The van der Waals surface area contributed by atoms with Crippen LogP contribution in [0.5, 0.6) is 0 Å². The van der Waals surface area contributed by atoms with Crippen molar-refractivity contribution in [1.82, 2.24) is 0 Å². The van der Waals surface area contributed by atoms with Crippen LogP contribution >= 0.6 is 0 Å². The number of rotatable bonds is 4. The van der Waals surface area contributed by atoms with Crippen LogP contribution in [0.2, 0.25) is 0 Å². The summed E-state index contributed by atoms with van der Waals surface area (Å²) >= 11 is 0. The molecule has 0 unspecified atom stereocenters. The zero-order chi connectivity index (χ0) is 15.5. The molecule has 0 aromatic carbocycles. The van der Waals surface area contributed by atoms with Crippen molar-refractivity contribution < 1.29 is 28.8 Å². The van der Waals surface area contributed by atoms with E-state index in [0.29, 0.717) is 0 Å². The molecule has 5 N–H and O–H groups in total. The minimum Gasteiger partial charge on any atom is -0.477 e. The van der Waals surface area contributed by atoms with Crippen LogP contribution < -0.4 is 11.5 Å². The molecule has 0 aromatic heterocycles. The van der Waals surface area contributed by atoms with E-state index in [4.69, 9.17) is 16.6 Å². The third kappa shape index (κ3) is 2.86. The molecule has 3 amide bonds. The number of nitrogens with two attached hydrogens (primary N) is 2. The summed E-state index contributed by atoms with van der Waals surface area (Å²) in [4.78, 5) is 47.4. The second-order valence-electron chi connectivity index (χ2n) is 4.51. The van der Waals surface area contributed by atoms with Crippen molar-refractivity contribution >= 4 is 23.7 Å². The van der Waals surface area contributed by atoms with Crippen LogP contribution in [-0.4, -0.2) is 51.4 Å². The van der Waals surface area contributed by atoms with Gasteiger partial charge in [0.15, 0.2) is 0 Å². The highest BCUT2D eigenvalue weighted by Crippen LogP contribution is 2.20. The third-order valence-electron chi connectivity index (χ3n) is 2.91. The lowest BCUT2D eigenvalue weighted by Crippen LogP contribution is -2.72. The fourth-order valence-corrected chi connectivity index (χ4v) is 1.88. The standard InChI is InChI=1S/C11H19N3O5/c1-5(12)9(16)14(8(4)15,7(3)11(18)19)10(17)6(2)13/h5-7H,12-13H2,1-4H3/p+1/t5-,6-,7-/m0/s1. The Morgan fingerprint density at radius 1 is 0.947 bits per heavy atom. The first-order valence-corrected chi connectivity index (χ1v) is 5.73. The van der Waals surface area contributed by atoms with Gasteiger partial charge in [-0.25, -0.2) is 19.2 Å². The smallest absolute Gasteiger partial charge is 0.363 e. The Kier molecular flexibility index (Phi) is 5.48. The molecule has 0 fully saturated rings. The number of hydrogen-bond donors (Lipinski definition) is 3. The molecule has 8 nitrogen and oxygen atoms in total. The zero-order valence-electron chi connectivity index (χ0n) is 11.4. The van der Waals surface area contributed by atoms with Crippen molar-refractivity contribution in [3.63, 3.8) is 0 Å². The number of carboxylic acid groups (broad SMARTS) is 1. The van der Waals surface area contributed by atoms with Crippen LogP contribution in [0.25, 0.3) is 0 Å². The van der Waals surface area contributed by atoms with Crippen molar-refractivity contribution in [3.05, 3.63) is 0 Å². The van der Waals surface area contributed by atoms with Gasteiger partial charge in [-0.2, -0.15) is 0 Å². The van der Waals surface area contributed by atoms with Gasteiger partial charge in [-0.15, -0.1) is 4.48 Å². The van der Waals surface area contributed by atoms with Crippen molar-refractivity contribution in [2.45, 2.75) is 45.8 Å². The van der Waals surface area contributed by atoms with E-state index in [1.165, 1.54) is 13.8 Å². The molecule has 0 aliphatic carbocycles. The monoisotopic (exact) mass is 274 g/mol. The van der Waals surface area contributed by atoms with Crippen LogP contribution in [-0.2, 0) is 19.2 Å². The molecule has 0 aliphatic rings. The van der Waals surface area contributed by atoms with Crippen molar-refractivity contribution in [2.75, 3.05) is 0 Å². The average molecular weight is 274 g/mol. The van der Waals surface area contributed by atoms with Gasteiger partial charge in [-0.05, 0) is 13.8 Å². The molecule has 0 aromatic rings. The maximum Gasteiger partial charge on any atom is 0.363 e. The first-order chi connectivity index (χ1) is 8.51. The Labute approximate surface area is 110 Å². The van der Waals surface area contributed by atoms with E-state index < -0.39 is 46.3 Å². The highest BCUT2D eigenvalue weighted by molar-refractivity contribution is 6.02. The number of carboxylic acids is 1. The summed E-state index contributed by atoms with van der Waals surface area (Å²) in [5, 5.41) is 9.07. The summed E-state index contributed by atoms with van der Waals surface area (Å²) in [6.07, 6.45) is 0. The lowest BCUT2D eigenvalue weighted by atomic mass is 10.1. The summed E-state index contributed by atoms with van der Waals surface area (Å²) < 4.78 is -1.51. The largest absolute Gasteiger partial charge is 0.477 e. The number of hydrogen-bond acceptors (Lipinski definition) is 6. The number of quaternary nitrogens is 1. The van der Waals surface area contributed by atoms with Crippen LogP contribution in [0, 0.1) is 0 Å². The lowest BCUT2D eigenvalue weighted by Gasteiger charge is -2.34. The molecule has 0 heterocycles. The van der Waals surface area contributed by atoms with Crippen molar-refractivity contribution in [3.8, 4) is 0 Å². The van der Waals surface area contributed by atoms with E-state index in [-0.39, 0.29) is 0 Å². The average Bonchev–Trinajstić information content (AvgIpc) is 2.28. The zero-order valence-corrected chi connectivity index (χ0v) is 11.4. The lowest BCUT2D eigenvalue weighted by molar-refractivity contribution is -0.720. The SMILES string of the molecule is CC(=O)[N+](C(=O)[C@H](C)N)(C(=O)[C@H](C)N)[C@@H](C)C(=O)O. The molecule has 0 saturated heterocycles. The maximum atomic E-state index is 12.2. The van der Waals surface area contributed by atoms with Gasteiger partial charge in [-0.1, -0.05) is 0 Å². The first kappa shape index (κ1) is 17.4. The molecule has 0 bridgehead atoms. The van der Waals surface area contributed by atoms with Crippen molar-refractivity contribution in [1.29, 1.82) is 0 Å². The highest BCUT2D eigenvalue weighted by Gasteiger charge is 2.58.